The van der Waals surface area contributed by atoms with Gasteiger partial charge in [0.1, 0.15) is 0 Å². The molecular formula is C17H28BrIN4O2S. The normalized spacial score (nSPS) is 16.0. The highest BCUT2D eigenvalue weighted by Gasteiger charge is 2.14. The molecule has 1 aliphatic rings. The van der Waals surface area contributed by atoms with Crippen LogP contribution < -0.4 is 10.6 Å². The van der Waals surface area contributed by atoms with Crippen LogP contribution in [0.15, 0.2) is 38.6 Å². The number of benzene rings is 1. The number of guanidine groups is 1. The highest BCUT2D eigenvalue weighted by Crippen LogP contribution is 2.15. The first-order valence-electron chi connectivity index (χ1n) is 8.66. The first-order valence-corrected chi connectivity index (χ1v) is 11.1. The van der Waals surface area contributed by atoms with Gasteiger partial charge in [0.15, 0.2) is 15.8 Å². The number of likely N-dealkylation sites (tertiary alicyclic amines) is 1. The van der Waals surface area contributed by atoms with Gasteiger partial charge < -0.3 is 15.5 Å². The Hall–Kier alpha value is -0.390. The summed E-state index contributed by atoms with van der Waals surface area (Å²) in [6.45, 7) is 4.44. The van der Waals surface area contributed by atoms with E-state index in [1.165, 1.54) is 32.4 Å². The fraction of sp³-hybridized carbons (Fsp3) is 0.588. The van der Waals surface area contributed by atoms with Crippen molar-refractivity contribution in [2.24, 2.45) is 4.99 Å². The number of halogens is 2. The van der Waals surface area contributed by atoms with Crippen molar-refractivity contribution in [2.75, 3.05) is 45.5 Å². The molecule has 0 saturated carbocycles. The van der Waals surface area contributed by atoms with E-state index in [0.29, 0.717) is 17.4 Å². The third-order valence-corrected chi connectivity index (χ3v) is 6.49. The minimum atomic E-state index is -3.29. The standard InChI is InChI=1S/C17H27BrN4O2S.HI/c1-19-17(20-9-13-22-11-3-2-4-12-22)21-10-14-25(23,24)16-7-5-15(18)6-8-16;/h5-8H,2-4,9-14H2,1H3,(H2,19,20,21);1H. The van der Waals surface area contributed by atoms with Gasteiger partial charge in [0, 0.05) is 31.2 Å². The fourth-order valence-corrected chi connectivity index (χ4v) is 4.22. The molecule has 2 rings (SSSR count). The Labute approximate surface area is 182 Å². The minimum Gasteiger partial charge on any atom is -0.355 e. The zero-order valence-corrected chi connectivity index (χ0v) is 19.8. The maximum Gasteiger partial charge on any atom is 0.191 e. The first kappa shape index (κ1) is 23.6. The molecule has 0 aromatic heterocycles. The van der Waals surface area contributed by atoms with Crippen LogP contribution in [0.1, 0.15) is 19.3 Å². The van der Waals surface area contributed by atoms with Gasteiger partial charge in [-0.2, -0.15) is 0 Å². The van der Waals surface area contributed by atoms with E-state index in [9.17, 15) is 8.42 Å². The number of nitrogens with one attached hydrogen (secondary N) is 2. The van der Waals surface area contributed by atoms with Crippen LogP contribution in [0, 0.1) is 0 Å². The van der Waals surface area contributed by atoms with Gasteiger partial charge in [0.2, 0.25) is 0 Å². The summed E-state index contributed by atoms with van der Waals surface area (Å²) in [5.41, 5.74) is 0. The average molecular weight is 559 g/mol. The Kier molecular flexibility index (Phi) is 11.0. The Morgan fingerprint density at radius 2 is 1.73 bits per heavy atom. The average Bonchev–Trinajstić information content (AvgIpc) is 2.61. The van der Waals surface area contributed by atoms with Gasteiger partial charge in [-0.05, 0) is 50.2 Å². The third-order valence-electron chi connectivity index (χ3n) is 4.23. The molecule has 1 fully saturated rings. The van der Waals surface area contributed by atoms with Crippen LogP contribution in [0.2, 0.25) is 0 Å². The highest BCUT2D eigenvalue weighted by atomic mass is 127. The molecule has 9 heteroatoms. The molecule has 1 aromatic carbocycles. The molecule has 0 atom stereocenters. The molecule has 0 unspecified atom stereocenters. The second-order valence-corrected chi connectivity index (χ2v) is 9.13. The van der Waals surface area contributed by atoms with Crippen molar-refractivity contribution in [2.45, 2.75) is 24.2 Å². The Balaban J connectivity index is 0.00000338. The molecule has 1 aromatic rings. The third kappa shape index (κ3) is 8.10. The molecule has 0 spiro atoms. The molecule has 148 valence electrons. The van der Waals surface area contributed by atoms with Crippen LogP contribution in [0.3, 0.4) is 0 Å². The van der Waals surface area contributed by atoms with Crippen LogP contribution in [-0.4, -0.2) is 64.8 Å². The molecule has 0 amide bonds. The molecule has 2 N–H and O–H groups in total. The smallest absolute Gasteiger partial charge is 0.191 e. The highest BCUT2D eigenvalue weighted by molar-refractivity contribution is 14.0. The van der Waals surface area contributed by atoms with E-state index in [2.05, 4.69) is 36.5 Å². The molecule has 1 saturated heterocycles. The molecule has 0 radical (unpaired) electrons. The number of piperidine rings is 1. The Morgan fingerprint density at radius 1 is 1.12 bits per heavy atom. The summed E-state index contributed by atoms with van der Waals surface area (Å²) in [4.78, 5) is 6.93. The monoisotopic (exact) mass is 558 g/mol. The second-order valence-electron chi connectivity index (χ2n) is 6.10. The first-order chi connectivity index (χ1) is 12.0. The quantitative estimate of drug-likeness (QED) is 0.305. The lowest BCUT2D eigenvalue weighted by molar-refractivity contribution is 0.232. The summed E-state index contributed by atoms with van der Waals surface area (Å²) in [7, 11) is -1.60. The van der Waals surface area contributed by atoms with E-state index >= 15 is 0 Å². The van der Waals surface area contributed by atoms with Crippen LogP contribution in [0.25, 0.3) is 0 Å². The van der Waals surface area contributed by atoms with E-state index in [1.54, 1.807) is 31.3 Å². The molecular weight excluding hydrogens is 531 g/mol. The zero-order valence-electron chi connectivity index (χ0n) is 15.1. The van der Waals surface area contributed by atoms with E-state index < -0.39 is 9.84 Å². The van der Waals surface area contributed by atoms with Crippen molar-refractivity contribution >= 4 is 55.7 Å². The largest absolute Gasteiger partial charge is 0.355 e. The summed E-state index contributed by atoms with van der Waals surface area (Å²) in [5.74, 6) is 0.671. The molecule has 26 heavy (non-hydrogen) atoms. The summed E-state index contributed by atoms with van der Waals surface area (Å²) >= 11 is 3.31. The summed E-state index contributed by atoms with van der Waals surface area (Å²) in [6, 6.07) is 6.71. The van der Waals surface area contributed by atoms with E-state index in [0.717, 1.165) is 17.6 Å². The van der Waals surface area contributed by atoms with Crippen LogP contribution in [-0.2, 0) is 9.84 Å². The predicted octanol–water partition coefficient (Wildman–Crippen LogP) is 2.49. The van der Waals surface area contributed by atoms with Crippen molar-refractivity contribution in [1.29, 1.82) is 0 Å². The van der Waals surface area contributed by atoms with Crippen LogP contribution in [0.5, 0.6) is 0 Å². The van der Waals surface area contributed by atoms with Crippen molar-refractivity contribution in [3.05, 3.63) is 28.7 Å². The van der Waals surface area contributed by atoms with Gasteiger partial charge in [-0.25, -0.2) is 8.42 Å². The van der Waals surface area contributed by atoms with Gasteiger partial charge in [-0.3, -0.25) is 4.99 Å². The Bertz CT molecular complexity index is 662. The lowest BCUT2D eigenvalue weighted by Gasteiger charge is -2.26. The van der Waals surface area contributed by atoms with Gasteiger partial charge in [-0.15, -0.1) is 24.0 Å². The summed E-state index contributed by atoms with van der Waals surface area (Å²) < 4.78 is 25.5. The van der Waals surface area contributed by atoms with Crippen molar-refractivity contribution in [1.82, 2.24) is 15.5 Å². The van der Waals surface area contributed by atoms with Crippen molar-refractivity contribution < 1.29 is 8.42 Å². The van der Waals surface area contributed by atoms with Crippen LogP contribution in [0.4, 0.5) is 0 Å². The lowest BCUT2D eigenvalue weighted by atomic mass is 10.1. The van der Waals surface area contributed by atoms with Crippen molar-refractivity contribution in [3.8, 4) is 0 Å². The number of rotatable bonds is 7. The van der Waals surface area contributed by atoms with E-state index in [4.69, 9.17) is 0 Å². The molecule has 6 nitrogen and oxygen atoms in total. The summed E-state index contributed by atoms with van der Waals surface area (Å²) in [6.07, 6.45) is 3.89. The van der Waals surface area contributed by atoms with Gasteiger partial charge in [-0.1, -0.05) is 22.4 Å². The maximum atomic E-state index is 12.3. The number of aliphatic imine (C=N–C) groups is 1. The zero-order chi connectivity index (χ0) is 18.1. The molecule has 1 heterocycles. The SMILES string of the molecule is CN=C(NCCN1CCCCC1)NCCS(=O)(=O)c1ccc(Br)cc1.I. The summed E-state index contributed by atoms with van der Waals surface area (Å²) in [5, 5.41) is 6.32. The fourth-order valence-electron chi connectivity index (χ4n) is 2.80. The molecule has 0 bridgehead atoms. The number of hydrogen-bond donors (Lipinski definition) is 2. The van der Waals surface area contributed by atoms with E-state index in [-0.39, 0.29) is 29.7 Å². The van der Waals surface area contributed by atoms with Gasteiger partial charge in [0.05, 0.1) is 10.6 Å². The number of nitrogens with zero attached hydrogens (tertiary/aromatic N) is 2. The van der Waals surface area contributed by atoms with Gasteiger partial charge >= 0.3 is 0 Å². The van der Waals surface area contributed by atoms with Crippen LogP contribution >= 0.6 is 39.9 Å². The predicted molar refractivity (Wildman–Crippen MR) is 121 cm³/mol. The number of hydrogen-bond acceptors (Lipinski definition) is 4. The minimum absolute atomic E-state index is 0. The van der Waals surface area contributed by atoms with Gasteiger partial charge in [0.25, 0.3) is 0 Å². The topological polar surface area (TPSA) is 73.8 Å². The van der Waals surface area contributed by atoms with E-state index in [1.807, 2.05) is 0 Å². The Morgan fingerprint density at radius 3 is 2.35 bits per heavy atom. The number of sulfone groups is 1. The molecule has 1 aliphatic heterocycles. The molecule has 0 aliphatic carbocycles. The maximum absolute atomic E-state index is 12.3. The second kappa shape index (κ2) is 12.1. The van der Waals surface area contributed by atoms with Crippen molar-refractivity contribution in [3.63, 3.8) is 0 Å². The lowest BCUT2D eigenvalue weighted by Crippen LogP contribution is -2.43.